The van der Waals surface area contributed by atoms with Gasteiger partial charge < -0.3 is 4.90 Å². The van der Waals surface area contributed by atoms with E-state index in [0.29, 0.717) is 47.8 Å². The van der Waals surface area contributed by atoms with Crippen molar-refractivity contribution in [2.75, 3.05) is 13.1 Å². The smallest absolute Gasteiger partial charge is 0.282 e. The molecule has 4 heterocycles. The van der Waals surface area contributed by atoms with Gasteiger partial charge in [0.2, 0.25) is 5.91 Å². The number of hydrogen-bond donors (Lipinski definition) is 0. The van der Waals surface area contributed by atoms with E-state index in [4.69, 9.17) is 0 Å². The number of fused-ring (bicyclic) bond motifs is 2. The standard InChI is InChI=1S/C17H17F2N5O2S/c1-10-8-12(15(18)19)21-24(10)9-14(25)22-4-2-13-20-16-11(3-7-27-16)17(26)23(13)6-5-22/h3,7-8,15H,2,4-6,9H2,1H3. The molecular weight excluding hydrogens is 376 g/mol. The average molecular weight is 393 g/mol. The lowest BCUT2D eigenvalue weighted by Gasteiger charge is -2.20. The van der Waals surface area contributed by atoms with Crippen molar-refractivity contribution in [1.82, 2.24) is 24.2 Å². The lowest BCUT2D eigenvalue weighted by Crippen LogP contribution is -2.37. The van der Waals surface area contributed by atoms with Crippen molar-refractivity contribution in [2.24, 2.45) is 0 Å². The molecule has 10 heteroatoms. The number of alkyl halides is 2. The summed E-state index contributed by atoms with van der Waals surface area (Å²) in [7, 11) is 0. The lowest BCUT2D eigenvalue weighted by molar-refractivity contribution is -0.132. The SMILES string of the molecule is Cc1cc(C(F)F)nn1CC(=O)N1CCc2nc3sccc3c(=O)n2CC1. The molecule has 0 saturated heterocycles. The first kappa shape index (κ1) is 17.8. The second-order valence-corrected chi connectivity index (χ2v) is 7.32. The van der Waals surface area contributed by atoms with Gasteiger partial charge in [-0.3, -0.25) is 18.8 Å². The van der Waals surface area contributed by atoms with Crippen LogP contribution in [0.1, 0.15) is 23.6 Å². The first-order valence-corrected chi connectivity index (χ1v) is 9.39. The second kappa shape index (κ2) is 6.84. The summed E-state index contributed by atoms with van der Waals surface area (Å²) in [6, 6.07) is 3.05. The highest BCUT2D eigenvalue weighted by Crippen LogP contribution is 2.19. The third-order valence-corrected chi connectivity index (χ3v) is 5.53. The van der Waals surface area contributed by atoms with E-state index in [9.17, 15) is 18.4 Å². The fraction of sp³-hybridized carbons (Fsp3) is 0.412. The molecule has 142 valence electrons. The minimum absolute atomic E-state index is 0.0879. The number of halogens is 2. The van der Waals surface area contributed by atoms with E-state index in [-0.39, 0.29) is 23.7 Å². The number of hydrogen-bond acceptors (Lipinski definition) is 5. The Morgan fingerprint density at radius 1 is 1.33 bits per heavy atom. The van der Waals surface area contributed by atoms with Crippen LogP contribution in [-0.2, 0) is 24.3 Å². The fourth-order valence-corrected chi connectivity index (χ4v) is 4.03. The molecule has 0 bridgehead atoms. The van der Waals surface area contributed by atoms with E-state index in [0.717, 1.165) is 0 Å². The molecule has 1 amide bonds. The zero-order valence-corrected chi connectivity index (χ0v) is 15.4. The summed E-state index contributed by atoms with van der Waals surface area (Å²) < 4.78 is 28.5. The van der Waals surface area contributed by atoms with Gasteiger partial charge in [0.25, 0.3) is 12.0 Å². The summed E-state index contributed by atoms with van der Waals surface area (Å²) in [5.41, 5.74) is 0.0873. The van der Waals surface area contributed by atoms with Gasteiger partial charge in [0, 0.05) is 31.7 Å². The molecule has 0 atom stereocenters. The summed E-state index contributed by atoms with van der Waals surface area (Å²) in [6.45, 7) is 2.68. The summed E-state index contributed by atoms with van der Waals surface area (Å²) in [5, 5.41) is 6.24. The predicted octanol–water partition coefficient (Wildman–Crippen LogP) is 1.99. The molecule has 1 aliphatic heterocycles. The molecule has 27 heavy (non-hydrogen) atoms. The van der Waals surface area contributed by atoms with Crippen molar-refractivity contribution in [3.8, 4) is 0 Å². The van der Waals surface area contributed by atoms with Gasteiger partial charge in [0.1, 0.15) is 22.9 Å². The topological polar surface area (TPSA) is 73.0 Å². The minimum Gasteiger partial charge on any atom is -0.339 e. The van der Waals surface area contributed by atoms with E-state index < -0.39 is 6.43 Å². The van der Waals surface area contributed by atoms with Crippen LogP contribution in [0.5, 0.6) is 0 Å². The predicted molar refractivity (Wildman–Crippen MR) is 96.1 cm³/mol. The van der Waals surface area contributed by atoms with Gasteiger partial charge in [-0.15, -0.1) is 11.3 Å². The Balaban J connectivity index is 1.52. The normalized spacial score (nSPS) is 14.6. The molecule has 4 rings (SSSR count). The van der Waals surface area contributed by atoms with Crippen LogP contribution in [-0.4, -0.2) is 43.2 Å². The van der Waals surface area contributed by atoms with Gasteiger partial charge in [0.05, 0.1) is 5.39 Å². The third-order valence-electron chi connectivity index (χ3n) is 4.72. The molecule has 0 fully saturated rings. The Labute approximate surface area is 156 Å². The average Bonchev–Trinajstić information content (AvgIpc) is 3.17. The number of amides is 1. The van der Waals surface area contributed by atoms with E-state index in [2.05, 4.69) is 10.1 Å². The number of aromatic nitrogens is 4. The largest absolute Gasteiger partial charge is 0.339 e. The number of carbonyl (C=O) groups is 1. The number of carbonyl (C=O) groups excluding carboxylic acids is 1. The Morgan fingerprint density at radius 3 is 2.89 bits per heavy atom. The van der Waals surface area contributed by atoms with Crippen LogP contribution in [0.25, 0.3) is 10.2 Å². The van der Waals surface area contributed by atoms with Crippen molar-refractivity contribution in [2.45, 2.75) is 32.9 Å². The van der Waals surface area contributed by atoms with Crippen LogP contribution < -0.4 is 5.56 Å². The molecule has 3 aromatic heterocycles. The van der Waals surface area contributed by atoms with Crippen molar-refractivity contribution >= 4 is 27.5 Å². The molecule has 0 saturated carbocycles. The van der Waals surface area contributed by atoms with Crippen LogP contribution in [0.3, 0.4) is 0 Å². The highest BCUT2D eigenvalue weighted by Gasteiger charge is 2.23. The monoisotopic (exact) mass is 393 g/mol. The van der Waals surface area contributed by atoms with Crippen LogP contribution >= 0.6 is 11.3 Å². The maximum absolute atomic E-state index is 12.8. The van der Waals surface area contributed by atoms with Gasteiger partial charge in [0.15, 0.2) is 0 Å². The Morgan fingerprint density at radius 2 is 2.15 bits per heavy atom. The van der Waals surface area contributed by atoms with Gasteiger partial charge >= 0.3 is 0 Å². The van der Waals surface area contributed by atoms with Crippen molar-refractivity contribution < 1.29 is 13.6 Å². The van der Waals surface area contributed by atoms with Gasteiger partial charge in [-0.25, -0.2) is 13.8 Å². The van der Waals surface area contributed by atoms with Crippen molar-refractivity contribution in [3.05, 3.63) is 45.1 Å². The number of thiophene rings is 1. The molecule has 0 aromatic carbocycles. The highest BCUT2D eigenvalue weighted by molar-refractivity contribution is 7.16. The number of nitrogens with zero attached hydrogens (tertiary/aromatic N) is 5. The summed E-state index contributed by atoms with van der Waals surface area (Å²) >= 11 is 1.42. The van der Waals surface area contributed by atoms with Crippen molar-refractivity contribution in [3.63, 3.8) is 0 Å². The van der Waals surface area contributed by atoms with Crippen molar-refractivity contribution in [1.29, 1.82) is 0 Å². The summed E-state index contributed by atoms with van der Waals surface area (Å²) in [6.07, 6.45) is -2.20. The van der Waals surface area contributed by atoms with E-state index in [1.807, 2.05) is 5.38 Å². The third kappa shape index (κ3) is 3.25. The first-order chi connectivity index (χ1) is 12.9. The molecule has 0 unspecified atom stereocenters. The molecule has 0 N–H and O–H groups in total. The molecule has 0 spiro atoms. The van der Waals surface area contributed by atoms with Crippen LogP contribution in [0.2, 0.25) is 0 Å². The molecular formula is C17H17F2N5O2S. The van der Waals surface area contributed by atoms with Crippen LogP contribution in [0.15, 0.2) is 22.3 Å². The van der Waals surface area contributed by atoms with E-state index >= 15 is 0 Å². The molecule has 0 radical (unpaired) electrons. The summed E-state index contributed by atoms with van der Waals surface area (Å²) in [5.74, 6) is 0.449. The lowest BCUT2D eigenvalue weighted by atomic mass is 10.3. The maximum Gasteiger partial charge on any atom is 0.282 e. The quantitative estimate of drug-likeness (QED) is 0.682. The van der Waals surface area contributed by atoms with Gasteiger partial charge in [-0.05, 0) is 24.4 Å². The molecule has 1 aliphatic rings. The van der Waals surface area contributed by atoms with Crippen LogP contribution in [0.4, 0.5) is 8.78 Å². The van der Waals surface area contributed by atoms with Gasteiger partial charge in [-0.1, -0.05) is 0 Å². The second-order valence-electron chi connectivity index (χ2n) is 6.42. The fourth-order valence-electron chi connectivity index (χ4n) is 3.26. The maximum atomic E-state index is 12.8. The van der Waals surface area contributed by atoms with E-state index in [1.165, 1.54) is 22.1 Å². The zero-order valence-electron chi connectivity index (χ0n) is 14.6. The Kier molecular flexibility index (Phi) is 4.50. The Bertz CT molecular complexity index is 1070. The van der Waals surface area contributed by atoms with E-state index in [1.54, 1.807) is 22.5 Å². The minimum atomic E-state index is -2.67. The zero-order chi connectivity index (χ0) is 19.1. The molecule has 0 aliphatic carbocycles. The number of aryl methyl sites for hydroxylation is 1. The summed E-state index contributed by atoms with van der Waals surface area (Å²) in [4.78, 5) is 32.1. The number of rotatable bonds is 3. The molecule has 7 nitrogen and oxygen atoms in total. The van der Waals surface area contributed by atoms with Gasteiger partial charge in [-0.2, -0.15) is 5.10 Å². The highest BCUT2D eigenvalue weighted by atomic mass is 32.1. The Hall–Kier alpha value is -2.62. The first-order valence-electron chi connectivity index (χ1n) is 8.51. The van der Waals surface area contributed by atoms with Crippen LogP contribution in [0, 0.1) is 6.92 Å². The molecule has 3 aromatic rings.